The lowest BCUT2D eigenvalue weighted by Crippen LogP contribution is -2.42. The highest BCUT2D eigenvalue weighted by atomic mass is 32.2. The van der Waals surface area contributed by atoms with Crippen molar-refractivity contribution in [1.82, 2.24) is 4.90 Å². The van der Waals surface area contributed by atoms with Gasteiger partial charge in [0.05, 0.1) is 0 Å². The molecule has 2 nitrogen and oxygen atoms in total. The Bertz CT molecular complexity index is 210. The fourth-order valence-corrected chi connectivity index (χ4v) is 3.88. The monoisotopic (exact) mass is 276 g/mol. The molecule has 0 saturated carbocycles. The third-order valence-corrected chi connectivity index (χ3v) is 5.62. The van der Waals surface area contributed by atoms with E-state index in [1.54, 1.807) is 0 Å². The molecule has 17 heavy (non-hydrogen) atoms. The lowest BCUT2D eigenvalue weighted by atomic mass is 10.1. The zero-order valence-electron chi connectivity index (χ0n) is 11.6. The van der Waals surface area contributed by atoms with Gasteiger partial charge in [0.2, 0.25) is 0 Å². The summed E-state index contributed by atoms with van der Waals surface area (Å²) in [7, 11) is 0. The second-order valence-electron chi connectivity index (χ2n) is 5.42. The molecule has 2 N–H and O–H groups in total. The van der Waals surface area contributed by atoms with Crippen molar-refractivity contribution in [3.8, 4) is 0 Å². The number of hydrogen-bond donors (Lipinski definition) is 1. The van der Waals surface area contributed by atoms with Crippen molar-refractivity contribution < 1.29 is 0 Å². The van der Waals surface area contributed by atoms with Crippen LogP contribution in [0, 0.1) is 0 Å². The summed E-state index contributed by atoms with van der Waals surface area (Å²) in [4.78, 5) is 2.63. The van der Waals surface area contributed by atoms with Crippen LogP contribution in [0.5, 0.6) is 0 Å². The number of nitrogens with two attached hydrogens (primary N) is 1. The number of nitrogens with zero attached hydrogens (tertiary/aromatic N) is 1. The molecule has 1 unspecified atom stereocenters. The molecule has 0 spiro atoms. The predicted molar refractivity (Wildman–Crippen MR) is 83.2 cm³/mol. The summed E-state index contributed by atoms with van der Waals surface area (Å²) in [6, 6.07) is 0.608. The van der Waals surface area contributed by atoms with Crippen LogP contribution in [0.15, 0.2) is 0 Å². The average molecular weight is 277 g/mol. The zero-order valence-corrected chi connectivity index (χ0v) is 13.2. The maximum absolute atomic E-state index is 5.95. The van der Waals surface area contributed by atoms with Crippen molar-refractivity contribution in [2.45, 2.75) is 43.9 Å². The topological polar surface area (TPSA) is 29.3 Å². The van der Waals surface area contributed by atoms with E-state index in [0.717, 1.165) is 6.54 Å². The minimum atomic E-state index is 0.452. The lowest BCUT2D eigenvalue weighted by Gasteiger charge is -2.30. The molecule has 0 aromatic rings. The molecule has 1 rings (SSSR count). The van der Waals surface area contributed by atoms with Gasteiger partial charge in [-0.3, -0.25) is 4.90 Å². The van der Waals surface area contributed by atoms with E-state index in [9.17, 15) is 0 Å². The quantitative estimate of drug-likeness (QED) is 0.755. The Morgan fingerprint density at radius 1 is 1.41 bits per heavy atom. The summed E-state index contributed by atoms with van der Waals surface area (Å²) >= 11 is 4.06. The maximum Gasteiger partial charge on any atom is 0.0219 e. The van der Waals surface area contributed by atoms with Gasteiger partial charge in [-0.25, -0.2) is 0 Å². The first kappa shape index (κ1) is 15.7. The Hall–Kier alpha value is 0.620. The third-order valence-electron chi connectivity index (χ3n) is 3.55. The Kier molecular flexibility index (Phi) is 7.31. The molecule has 1 aliphatic rings. The van der Waals surface area contributed by atoms with Gasteiger partial charge in [-0.05, 0) is 37.8 Å². The van der Waals surface area contributed by atoms with Crippen molar-refractivity contribution >= 4 is 23.5 Å². The van der Waals surface area contributed by atoms with Gasteiger partial charge in [0.15, 0.2) is 0 Å². The van der Waals surface area contributed by atoms with Gasteiger partial charge in [0, 0.05) is 29.6 Å². The average Bonchev–Trinajstić information content (AvgIpc) is 2.46. The van der Waals surface area contributed by atoms with Gasteiger partial charge >= 0.3 is 0 Å². The van der Waals surface area contributed by atoms with Crippen LogP contribution in [0.4, 0.5) is 0 Å². The van der Waals surface area contributed by atoms with Gasteiger partial charge in [-0.2, -0.15) is 23.5 Å². The molecule has 1 saturated heterocycles. The van der Waals surface area contributed by atoms with Crippen LogP contribution < -0.4 is 5.73 Å². The van der Waals surface area contributed by atoms with E-state index >= 15 is 0 Å². The molecule has 0 aromatic heterocycles. The van der Waals surface area contributed by atoms with Crippen LogP contribution in [0.1, 0.15) is 33.1 Å². The summed E-state index contributed by atoms with van der Waals surface area (Å²) in [5, 5.41) is 0. The van der Waals surface area contributed by atoms with E-state index in [1.165, 1.54) is 43.9 Å². The Morgan fingerprint density at radius 2 is 2.18 bits per heavy atom. The Morgan fingerprint density at radius 3 is 2.82 bits per heavy atom. The van der Waals surface area contributed by atoms with Gasteiger partial charge in [0.25, 0.3) is 0 Å². The van der Waals surface area contributed by atoms with Crippen LogP contribution in [0.2, 0.25) is 0 Å². The molecule has 0 radical (unpaired) electrons. The summed E-state index contributed by atoms with van der Waals surface area (Å²) in [5.74, 6) is 2.52. The third kappa shape index (κ3) is 5.86. The predicted octanol–water partition coefficient (Wildman–Crippen LogP) is 2.67. The molecule has 1 aliphatic heterocycles. The van der Waals surface area contributed by atoms with Crippen molar-refractivity contribution in [2.24, 2.45) is 5.73 Å². The van der Waals surface area contributed by atoms with E-state index in [4.69, 9.17) is 5.73 Å². The van der Waals surface area contributed by atoms with Crippen molar-refractivity contribution in [1.29, 1.82) is 0 Å². The molecule has 0 bridgehead atoms. The van der Waals surface area contributed by atoms with E-state index in [1.807, 2.05) is 11.8 Å². The van der Waals surface area contributed by atoms with E-state index in [2.05, 4.69) is 36.8 Å². The number of thioether (sulfide) groups is 2. The molecule has 1 fully saturated rings. The molecule has 1 atom stereocenters. The molecule has 0 amide bonds. The fourth-order valence-electron chi connectivity index (χ4n) is 2.31. The lowest BCUT2D eigenvalue weighted by molar-refractivity contribution is 0.198. The first-order chi connectivity index (χ1) is 8.09. The maximum atomic E-state index is 5.95. The van der Waals surface area contributed by atoms with E-state index in [-0.39, 0.29) is 0 Å². The first-order valence-electron chi connectivity index (χ1n) is 6.66. The summed E-state index contributed by atoms with van der Waals surface area (Å²) in [6.45, 7) is 7.99. The van der Waals surface area contributed by atoms with Crippen molar-refractivity contribution in [2.75, 3.05) is 37.4 Å². The molecule has 102 valence electrons. The number of hydrogen-bond acceptors (Lipinski definition) is 4. The second kappa shape index (κ2) is 7.93. The largest absolute Gasteiger partial charge is 0.329 e. The molecule has 0 aliphatic carbocycles. The van der Waals surface area contributed by atoms with Gasteiger partial charge in [0.1, 0.15) is 0 Å². The van der Waals surface area contributed by atoms with Crippen LogP contribution in [0.3, 0.4) is 0 Å². The fraction of sp³-hybridized carbons (Fsp3) is 1.00. The molecule has 0 aromatic carbocycles. The smallest absolute Gasteiger partial charge is 0.0219 e. The standard InChI is InChI=1S/C13H28N2S2/c1-13(2)6-7-15(8-10-17-13)12(11-14)5-4-9-16-3/h12H,4-11,14H2,1-3H3. The molecular weight excluding hydrogens is 248 g/mol. The second-order valence-corrected chi connectivity index (χ2v) is 8.21. The summed E-state index contributed by atoms with van der Waals surface area (Å²) < 4.78 is 0.452. The SMILES string of the molecule is CSCCCC(CN)N1CCSC(C)(C)CC1. The minimum Gasteiger partial charge on any atom is -0.329 e. The zero-order chi connectivity index (χ0) is 12.7. The van der Waals surface area contributed by atoms with Crippen molar-refractivity contribution in [3.05, 3.63) is 0 Å². The highest BCUT2D eigenvalue weighted by Gasteiger charge is 2.26. The summed E-state index contributed by atoms with van der Waals surface area (Å²) in [5.41, 5.74) is 5.95. The summed E-state index contributed by atoms with van der Waals surface area (Å²) in [6.07, 6.45) is 6.04. The van der Waals surface area contributed by atoms with Crippen molar-refractivity contribution in [3.63, 3.8) is 0 Å². The van der Waals surface area contributed by atoms with E-state index < -0.39 is 0 Å². The van der Waals surface area contributed by atoms with Crippen LogP contribution in [-0.2, 0) is 0 Å². The van der Waals surface area contributed by atoms with E-state index in [0.29, 0.717) is 10.8 Å². The van der Waals surface area contributed by atoms with Crippen LogP contribution >= 0.6 is 23.5 Å². The Labute approximate surface area is 115 Å². The minimum absolute atomic E-state index is 0.452. The number of rotatable bonds is 6. The Balaban J connectivity index is 2.40. The highest BCUT2D eigenvalue weighted by Crippen LogP contribution is 2.31. The van der Waals surface area contributed by atoms with Gasteiger partial charge < -0.3 is 5.73 Å². The molecular formula is C13H28N2S2. The van der Waals surface area contributed by atoms with Crippen LogP contribution in [-0.4, -0.2) is 53.1 Å². The molecule has 1 heterocycles. The van der Waals surface area contributed by atoms with Crippen LogP contribution in [0.25, 0.3) is 0 Å². The van der Waals surface area contributed by atoms with Gasteiger partial charge in [-0.15, -0.1) is 0 Å². The molecule has 4 heteroatoms. The normalized spacial score (nSPS) is 23.3. The van der Waals surface area contributed by atoms with Gasteiger partial charge in [-0.1, -0.05) is 13.8 Å². The highest BCUT2D eigenvalue weighted by molar-refractivity contribution is 8.00. The first-order valence-corrected chi connectivity index (χ1v) is 9.04.